The number of hydrogen-bond acceptors (Lipinski definition) is 2. The Balaban J connectivity index is 2.33. The van der Waals surface area contributed by atoms with Crippen molar-refractivity contribution in [3.63, 3.8) is 0 Å². The van der Waals surface area contributed by atoms with Gasteiger partial charge in [0, 0.05) is 6.61 Å². The van der Waals surface area contributed by atoms with E-state index in [1.807, 2.05) is 19.1 Å². The predicted octanol–water partition coefficient (Wildman–Crippen LogP) is 0.696. The van der Waals surface area contributed by atoms with Gasteiger partial charge in [-0.25, -0.2) is 0 Å². The highest BCUT2D eigenvalue weighted by atomic mass is 16.3. The molecule has 1 rings (SSSR count). The lowest BCUT2D eigenvalue weighted by molar-refractivity contribution is 0.169. The van der Waals surface area contributed by atoms with Gasteiger partial charge in [-0.15, -0.1) is 0 Å². The van der Waals surface area contributed by atoms with Crippen LogP contribution >= 0.6 is 0 Å². The average molecular weight is 142 g/mol. The molecule has 0 amide bonds. The smallest absolute Gasteiger partial charge is 0.0861 e. The Morgan fingerprint density at radius 1 is 1.70 bits per heavy atom. The van der Waals surface area contributed by atoms with Gasteiger partial charge in [-0.1, -0.05) is 12.2 Å². The van der Waals surface area contributed by atoms with Crippen molar-refractivity contribution in [2.45, 2.75) is 25.4 Å². The molecule has 0 heterocycles. The fraction of sp³-hybridized carbons (Fsp3) is 0.750. The van der Waals surface area contributed by atoms with E-state index in [4.69, 9.17) is 5.11 Å². The molecule has 1 aliphatic carbocycles. The number of hydrogen-bond donors (Lipinski definition) is 2. The maximum atomic E-state index is 9.52. The van der Waals surface area contributed by atoms with Gasteiger partial charge in [0.15, 0.2) is 0 Å². The Bertz CT molecular complexity index is 142. The zero-order chi connectivity index (χ0) is 7.61. The summed E-state index contributed by atoms with van der Waals surface area (Å²) in [6.45, 7) is 2.08. The van der Waals surface area contributed by atoms with Crippen molar-refractivity contribution in [3.05, 3.63) is 12.2 Å². The molecule has 2 heteroatoms. The molecule has 0 aromatic heterocycles. The first-order valence-electron chi connectivity index (χ1n) is 3.70. The highest BCUT2D eigenvalue weighted by Gasteiger charge is 2.49. The van der Waals surface area contributed by atoms with Gasteiger partial charge in [0.25, 0.3) is 0 Å². The van der Waals surface area contributed by atoms with Gasteiger partial charge in [-0.05, 0) is 25.7 Å². The van der Waals surface area contributed by atoms with Crippen LogP contribution in [0.15, 0.2) is 12.2 Å². The number of aliphatic hydroxyl groups is 2. The van der Waals surface area contributed by atoms with Crippen LogP contribution in [-0.4, -0.2) is 22.4 Å². The first kappa shape index (κ1) is 7.76. The minimum absolute atomic E-state index is 0.185. The van der Waals surface area contributed by atoms with Crippen LogP contribution in [0.1, 0.15) is 19.8 Å². The molecule has 0 aromatic rings. The molecule has 1 saturated carbocycles. The number of aliphatic hydroxyl groups excluding tert-OH is 1. The lowest BCUT2D eigenvalue weighted by Crippen LogP contribution is -2.06. The normalized spacial score (nSPS) is 38.9. The van der Waals surface area contributed by atoms with E-state index in [9.17, 15) is 5.11 Å². The highest BCUT2D eigenvalue weighted by molar-refractivity contribution is 5.16. The molecule has 1 fully saturated rings. The van der Waals surface area contributed by atoms with Crippen molar-refractivity contribution in [3.8, 4) is 0 Å². The number of allylic oxidation sites excluding steroid dienone is 1. The van der Waals surface area contributed by atoms with Crippen molar-refractivity contribution in [2.75, 3.05) is 6.61 Å². The van der Waals surface area contributed by atoms with Crippen molar-refractivity contribution >= 4 is 0 Å². The molecule has 0 aromatic carbocycles. The first-order valence-corrected chi connectivity index (χ1v) is 3.70. The van der Waals surface area contributed by atoms with Crippen LogP contribution in [-0.2, 0) is 0 Å². The summed E-state index contributed by atoms with van der Waals surface area (Å²) in [5.74, 6) is 0.300. The fourth-order valence-corrected chi connectivity index (χ4v) is 1.34. The predicted molar refractivity (Wildman–Crippen MR) is 39.6 cm³/mol. The molecule has 0 aliphatic heterocycles. The third-order valence-corrected chi connectivity index (χ3v) is 2.05. The summed E-state index contributed by atoms with van der Waals surface area (Å²) in [5, 5.41) is 18.1. The minimum atomic E-state index is -0.572. The van der Waals surface area contributed by atoms with Gasteiger partial charge in [0.05, 0.1) is 5.60 Å². The van der Waals surface area contributed by atoms with Crippen LogP contribution in [0.25, 0.3) is 0 Å². The molecule has 2 N–H and O–H groups in total. The molecule has 2 unspecified atom stereocenters. The zero-order valence-corrected chi connectivity index (χ0v) is 6.25. The molecular formula is C8H14O2. The summed E-state index contributed by atoms with van der Waals surface area (Å²) in [5.41, 5.74) is -0.572. The summed E-state index contributed by atoms with van der Waals surface area (Å²) < 4.78 is 0. The molecule has 10 heavy (non-hydrogen) atoms. The van der Waals surface area contributed by atoms with E-state index < -0.39 is 5.60 Å². The van der Waals surface area contributed by atoms with Gasteiger partial charge in [0.1, 0.15) is 0 Å². The molecule has 0 saturated heterocycles. The fourth-order valence-electron chi connectivity index (χ4n) is 1.34. The van der Waals surface area contributed by atoms with Crippen molar-refractivity contribution in [1.29, 1.82) is 0 Å². The van der Waals surface area contributed by atoms with E-state index in [1.165, 1.54) is 0 Å². The second kappa shape index (κ2) is 2.72. The van der Waals surface area contributed by atoms with E-state index in [2.05, 4.69) is 0 Å². The highest BCUT2D eigenvalue weighted by Crippen LogP contribution is 2.46. The van der Waals surface area contributed by atoms with E-state index >= 15 is 0 Å². The average Bonchev–Trinajstić information content (AvgIpc) is 2.44. The Morgan fingerprint density at radius 2 is 2.40 bits per heavy atom. The van der Waals surface area contributed by atoms with Gasteiger partial charge < -0.3 is 10.2 Å². The summed E-state index contributed by atoms with van der Waals surface area (Å²) >= 11 is 0. The summed E-state index contributed by atoms with van der Waals surface area (Å²) in [7, 11) is 0. The van der Waals surface area contributed by atoms with Crippen LogP contribution in [0.3, 0.4) is 0 Å². The molecule has 0 radical (unpaired) electrons. The Kier molecular flexibility index (Phi) is 2.11. The van der Waals surface area contributed by atoms with E-state index in [0.717, 1.165) is 12.8 Å². The molecule has 0 spiro atoms. The zero-order valence-electron chi connectivity index (χ0n) is 6.25. The summed E-state index contributed by atoms with van der Waals surface area (Å²) in [6, 6.07) is 0. The lowest BCUT2D eigenvalue weighted by Gasteiger charge is -2.00. The first-order chi connectivity index (χ1) is 4.73. The Morgan fingerprint density at radius 3 is 2.90 bits per heavy atom. The van der Waals surface area contributed by atoms with Gasteiger partial charge in [-0.2, -0.15) is 0 Å². The maximum Gasteiger partial charge on any atom is 0.0861 e. The SMILES string of the molecule is C/C=C/C1(O)CC1CCO. The summed E-state index contributed by atoms with van der Waals surface area (Å²) in [6.07, 6.45) is 5.21. The van der Waals surface area contributed by atoms with Crippen molar-refractivity contribution in [1.82, 2.24) is 0 Å². The monoisotopic (exact) mass is 142 g/mol. The lowest BCUT2D eigenvalue weighted by atomic mass is 10.2. The van der Waals surface area contributed by atoms with Crippen molar-refractivity contribution in [2.24, 2.45) is 5.92 Å². The molecule has 2 nitrogen and oxygen atoms in total. The van der Waals surface area contributed by atoms with Gasteiger partial charge in [-0.3, -0.25) is 0 Å². The largest absolute Gasteiger partial charge is 0.396 e. The molecular weight excluding hydrogens is 128 g/mol. The third-order valence-electron chi connectivity index (χ3n) is 2.05. The van der Waals surface area contributed by atoms with E-state index in [-0.39, 0.29) is 6.61 Å². The topological polar surface area (TPSA) is 40.5 Å². The Labute approximate surface area is 61.2 Å². The molecule has 58 valence electrons. The van der Waals surface area contributed by atoms with Gasteiger partial charge in [0.2, 0.25) is 0 Å². The molecule has 1 aliphatic rings. The van der Waals surface area contributed by atoms with Crippen LogP contribution in [0.4, 0.5) is 0 Å². The van der Waals surface area contributed by atoms with Crippen LogP contribution < -0.4 is 0 Å². The third kappa shape index (κ3) is 1.39. The summed E-state index contributed by atoms with van der Waals surface area (Å²) in [4.78, 5) is 0. The Hall–Kier alpha value is -0.340. The molecule has 0 bridgehead atoms. The van der Waals surface area contributed by atoms with Crippen molar-refractivity contribution < 1.29 is 10.2 Å². The maximum absolute atomic E-state index is 9.52. The standard InChI is InChI=1S/C8H14O2/c1-2-4-8(10)6-7(8)3-5-9/h2,4,7,9-10H,3,5-6H2,1H3/b4-2+. The minimum Gasteiger partial charge on any atom is -0.396 e. The number of rotatable bonds is 3. The van der Waals surface area contributed by atoms with Gasteiger partial charge >= 0.3 is 0 Å². The molecule has 2 atom stereocenters. The van der Waals surface area contributed by atoms with Crippen LogP contribution in [0.5, 0.6) is 0 Å². The van der Waals surface area contributed by atoms with E-state index in [0.29, 0.717) is 5.92 Å². The quantitative estimate of drug-likeness (QED) is 0.569. The second-order valence-corrected chi connectivity index (χ2v) is 2.90. The second-order valence-electron chi connectivity index (χ2n) is 2.90. The van der Waals surface area contributed by atoms with Crippen LogP contribution in [0, 0.1) is 5.92 Å². The van der Waals surface area contributed by atoms with E-state index in [1.54, 1.807) is 0 Å². The van der Waals surface area contributed by atoms with Crippen LogP contribution in [0.2, 0.25) is 0 Å².